The van der Waals surface area contributed by atoms with E-state index in [1.165, 1.54) is 12.7 Å². The van der Waals surface area contributed by atoms with Crippen LogP contribution in [0.3, 0.4) is 0 Å². The van der Waals surface area contributed by atoms with Crippen LogP contribution in [0.5, 0.6) is 5.75 Å². The first-order valence-electron chi connectivity index (χ1n) is 11.2. The van der Waals surface area contributed by atoms with Gasteiger partial charge in [0, 0.05) is 18.5 Å². The van der Waals surface area contributed by atoms with Gasteiger partial charge in [-0.1, -0.05) is 30.3 Å². The lowest BCUT2D eigenvalue weighted by Crippen LogP contribution is -2.24. The minimum Gasteiger partial charge on any atom is -0.493 e. The van der Waals surface area contributed by atoms with Crippen LogP contribution in [0.15, 0.2) is 59.0 Å². The molecule has 1 saturated heterocycles. The van der Waals surface area contributed by atoms with Gasteiger partial charge in [0.25, 0.3) is 0 Å². The van der Waals surface area contributed by atoms with Crippen LogP contribution in [0.1, 0.15) is 23.4 Å². The molecular formula is C26H30N2O4. The summed E-state index contributed by atoms with van der Waals surface area (Å²) in [5, 5.41) is 3.31. The first kappa shape index (κ1) is 22.1. The van der Waals surface area contributed by atoms with Gasteiger partial charge in [-0.15, -0.1) is 0 Å². The molecule has 1 aromatic heterocycles. The number of nitrogens with zero attached hydrogens (tertiary/aromatic N) is 1. The first-order chi connectivity index (χ1) is 15.6. The topological polar surface area (TPSA) is 73.6 Å². The predicted molar refractivity (Wildman–Crippen MR) is 123 cm³/mol. The van der Waals surface area contributed by atoms with Crippen molar-refractivity contribution in [2.45, 2.75) is 26.2 Å². The highest BCUT2D eigenvalue weighted by Crippen LogP contribution is 2.25. The number of esters is 1. The Kier molecular flexibility index (Phi) is 7.22. The molecule has 32 heavy (non-hydrogen) atoms. The lowest BCUT2D eigenvalue weighted by Gasteiger charge is -2.16. The molecule has 1 aliphatic heterocycles. The second-order valence-electron chi connectivity index (χ2n) is 8.22. The number of aryl methyl sites for hydroxylation is 2. The van der Waals surface area contributed by atoms with E-state index in [-0.39, 0.29) is 11.9 Å². The van der Waals surface area contributed by atoms with E-state index in [0.29, 0.717) is 31.4 Å². The Bertz CT molecular complexity index is 1030. The van der Waals surface area contributed by atoms with E-state index < -0.39 is 0 Å². The fraction of sp³-hybridized carbons (Fsp3) is 0.385. The monoisotopic (exact) mass is 434 g/mol. The molecule has 0 amide bonds. The fourth-order valence-electron chi connectivity index (χ4n) is 4.24. The van der Waals surface area contributed by atoms with Crippen LogP contribution in [0, 0.1) is 18.8 Å². The molecule has 0 bridgehead atoms. The molecule has 2 atom stereocenters. The molecule has 4 rings (SSSR count). The van der Waals surface area contributed by atoms with Gasteiger partial charge in [0.1, 0.15) is 11.5 Å². The minimum absolute atomic E-state index is 0.0501. The molecule has 1 fully saturated rings. The van der Waals surface area contributed by atoms with Crippen molar-refractivity contribution in [2.75, 3.05) is 26.8 Å². The average Bonchev–Trinajstić information content (AvgIpc) is 3.45. The highest BCUT2D eigenvalue weighted by Gasteiger charge is 2.33. The van der Waals surface area contributed by atoms with Crippen LogP contribution < -0.4 is 10.1 Å². The van der Waals surface area contributed by atoms with E-state index in [1.54, 1.807) is 0 Å². The number of rotatable bonds is 9. The maximum atomic E-state index is 11.9. The minimum atomic E-state index is -0.115. The van der Waals surface area contributed by atoms with Crippen molar-refractivity contribution >= 4 is 5.97 Å². The van der Waals surface area contributed by atoms with Crippen LogP contribution in [0.2, 0.25) is 0 Å². The van der Waals surface area contributed by atoms with Gasteiger partial charge in [0.05, 0.1) is 25.3 Å². The quantitative estimate of drug-likeness (QED) is 0.509. The summed E-state index contributed by atoms with van der Waals surface area (Å²) in [5.41, 5.74) is 3.10. The number of oxazole rings is 1. The zero-order valence-corrected chi connectivity index (χ0v) is 18.7. The Morgan fingerprint density at radius 1 is 1.12 bits per heavy atom. The summed E-state index contributed by atoms with van der Waals surface area (Å²) in [5.74, 6) is 2.46. The lowest BCUT2D eigenvalue weighted by atomic mass is 9.90. The van der Waals surface area contributed by atoms with Gasteiger partial charge in [0.2, 0.25) is 5.89 Å². The average molecular weight is 435 g/mol. The fourth-order valence-corrected chi connectivity index (χ4v) is 4.24. The van der Waals surface area contributed by atoms with Crippen LogP contribution in [0.4, 0.5) is 0 Å². The number of carbonyl (C=O) groups is 1. The molecular weight excluding hydrogens is 404 g/mol. The second-order valence-corrected chi connectivity index (χ2v) is 8.22. The first-order valence-corrected chi connectivity index (χ1v) is 11.2. The molecule has 6 nitrogen and oxygen atoms in total. The van der Waals surface area contributed by atoms with E-state index in [0.717, 1.165) is 42.2 Å². The number of benzene rings is 2. The van der Waals surface area contributed by atoms with Crippen molar-refractivity contribution < 1.29 is 18.7 Å². The molecule has 2 aromatic carbocycles. The number of hydrogen-bond donors (Lipinski definition) is 1. The van der Waals surface area contributed by atoms with Gasteiger partial charge in [0.15, 0.2) is 0 Å². The summed E-state index contributed by atoms with van der Waals surface area (Å²) in [6.07, 6.45) is 2.53. The largest absolute Gasteiger partial charge is 0.493 e. The Balaban J connectivity index is 1.29. The summed E-state index contributed by atoms with van der Waals surface area (Å²) >= 11 is 0. The Morgan fingerprint density at radius 3 is 2.78 bits per heavy atom. The summed E-state index contributed by atoms with van der Waals surface area (Å²) in [7, 11) is 1.46. The SMILES string of the molecule is COC(=O)[C@@H]1CNC[C@@H]1CCc1cccc(OCCc2nc(-c3ccccc3)oc2C)c1. The van der Waals surface area contributed by atoms with E-state index in [9.17, 15) is 4.79 Å². The molecule has 0 radical (unpaired) electrons. The number of methoxy groups -OCH3 is 1. The van der Waals surface area contributed by atoms with Gasteiger partial charge < -0.3 is 19.2 Å². The van der Waals surface area contributed by atoms with Crippen molar-refractivity contribution in [3.8, 4) is 17.2 Å². The van der Waals surface area contributed by atoms with Crippen molar-refractivity contribution in [1.29, 1.82) is 0 Å². The zero-order valence-electron chi connectivity index (χ0n) is 18.7. The summed E-state index contributed by atoms with van der Waals surface area (Å²) < 4.78 is 16.8. The molecule has 0 unspecified atom stereocenters. The van der Waals surface area contributed by atoms with Gasteiger partial charge in [-0.05, 0) is 62.1 Å². The van der Waals surface area contributed by atoms with Crippen LogP contribution in [-0.2, 0) is 22.4 Å². The molecule has 2 heterocycles. The highest BCUT2D eigenvalue weighted by atomic mass is 16.5. The molecule has 0 aliphatic carbocycles. The molecule has 1 N–H and O–H groups in total. The predicted octanol–water partition coefficient (Wildman–Crippen LogP) is 4.21. The second kappa shape index (κ2) is 10.5. The maximum absolute atomic E-state index is 11.9. The summed E-state index contributed by atoms with van der Waals surface area (Å²) in [4.78, 5) is 16.6. The smallest absolute Gasteiger partial charge is 0.310 e. The molecule has 1 aliphatic rings. The van der Waals surface area contributed by atoms with Crippen molar-refractivity contribution in [3.63, 3.8) is 0 Å². The van der Waals surface area contributed by atoms with Gasteiger partial charge in [-0.25, -0.2) is 4.98 Å². The maximum Gasteiger partial charge on any atom is 0.310 e. The molecule has 3 aromatic rings. The Hall–Kier alpha value is -3.12. The molecule has 6 heteroatoms. The van der Waals surface area contributed by atoms with E-state index >= 15 is 0 Å². The van der Waals surface area contributed by atoms with Crippen molar-refractivity contribution in [2.24, 2.45) is 11.8 Å². The molecule has 0 spiro atoms. The summed E-state index contributed by atoms with van der Waals surface area (Å²) in [6, 6.07) is 18.1. The Morgan fingerprint density at radius 2 is 1.97 bits per heavy atom. The van der Waals surface area contributed by atoms with Crippen LogP contribution in [0.25, 0.3) is 11.5 Å². The third kappa shape index (κ3) is 5.37. The number of carbonyl (C=O) groups excluding carboxylic acids is 1. The number of ether oxygens (including phenoxy) is 2. The Labute approximate surface area is 189 Å². The number of nitrogens with one attached hydrogen (secondary N) is 1. The zero-order chi connectivity index (χ0) is 22.3. The van der Waals surface area contributed by atoms with Crippen molar-refractivity contribution in [1.82, 2.24) is 10.3 Å². The van der Waals surface area contributed by atoms with Crippen LogP contribution in [-0.4, -0.2) is 37.8 Å². The van der Waals surface area contributed by atoms with E-state index in [4.69, 9.17) is 13.9 Å². The molecule has 168 valence electrons. The highest BCUT2D eigenvalue weighted by molar-refractivity contribution is 5.73. The van der Waals surface area contributed by atoms with E-state index in [1.807, 2.05) is 49.4 Å². The molecule has 0 saturated carbocycles. The van der Waals surface area contributed by atoms with Gasteiger partial charge in [-0.3, -0.25) is 4.79 Å². The lowest BCUT2D eigenvalue weighted by molar-refractivity contribution is -0.146. The number of hydrogen-bond acceptors (Lipinski definition) is 6. The standard InChI is InChI=1S/C26H30N2O4/c1-18-24(28-25(32-18)20-8-4-3-5-9-20)13-14-31-22-10-6-7-19(15-22)11-12-21-16-27-17-23(21)26(29)30-2/h3-10,15,21,23,27H,11-14,16-17H2,1-2H3/t21-,23+/m0/s1. The van der Waals surface area contributed by atoms with Gasteiger partial charge >= 0.3 is 5.97 Å². The van der Waals surface area contributed by atoms with Crippen LogP contribution >= 0.6 is 0 Å². The third-order valence-corrected chi connectivity index (χ3v) is 6.07. The summed E-state index contributed by atoms with van der Waals surface area (Å²) in [6.45, 7) is 4.03. The van der Waals surface area contributed by atoms with Gasteiger partial charge in [-0.2, -0.15) is 0 Å². The van der Waals surface area contributed by atoms with E-state index in [2.05, 4.69) is 22.4 Å². The van der Waals surface area contributed by atoms with Crippen molar-refractivity contribution in [3.05, 3.63) is 71.6 Å². The third-order valence-electron chi connectivity index (χ3n) is 6.07. The number of aromatic nitrogens is 1. The normalized spacial score (nSPS) is 17.9.